The van der Waals surface area contributed by atoms with Gasteiger partial charge in [-0.1, -0.05) is 31.2 Å². The topological polar surface area (TPSA) is 29.9 Å². The van der Waals surface area contributed by atoms with E-state index >= 15 is 0 Å². The summed E-state index contributed by atoms with van der Waals surface area (Å²) in [6.45, 7) is 3.16. The molecule has 0 radical (unpaired) electrons. The van der Waals surface area contributed by atoms with Crippen LogP contribution in [0.1, 0.15) is 18.1 Å². The van der Waals surface area contributed by atoms with Crippen LogP contribution in [-0.4, -0.2) is 16.3 Å². The number of nitrogens with zero attached hydrogens (tertiary/aromatic N) is 2. The van der Waals surface area contributed by atoms with Crippen LogP contribution in [0.4, 0.5) is 5.82 Å². The van der Waals surface area contributed by atoms with Gasteiger partial charge in [-0.15, -0.1) is 0 Å². The summed E-state index contributed by atoms with van der Waals surface area (Å²) in [5.74, 6) is 1.14. The first-order valence-electron chi connectivity index (χ1n) is 7.97. The average Bonchev–Trinajstić information content (AvgIpc) is 3.18. The standard InChI is InChI=1S/C19H18IN3/c1-2-13-3-9-16(10-4-13)23-19-17(11-12-21-19)18(22-23)14-5-7-15(20)8-6-14/h3-10,21H,2,11-12H2,1H3. The molecule has 0 bridgehead atoms. The van der Waals surface area contributed by atoms with Crippen LogP contribution in [0.25, 0.3) is 16.9 Å². The second-order valence-corrected chi connectivity index (χ2v) is 7.04. The third-order valence-electron chi connectivity index (χ3n) is 4.36. The van der Waals surface area contributed by atoms with E-state index in [2.05, 4.69) is 88.0 Å². The highest BCUT2D eigenvalue weighted by atomic mass is 127. The van der Waals surface area contributed by atoms with Gasteiger partial charge in [-0.25, -0.2) is 4.68 Å². The van der Waals surface area contributed by atoms with E-state index in [1.807, 2.05) is 0 Å². The quantitative estimate of drug-likeness (QED) is 0.630. The van der Waals surface area contributed by atoms with E-state index in [1.165, 1.54) is 20.3 Å². The highest BCUT2D eigenvalue weighted by Gasteiger charge is 2.23. The van der Waals surface area contributed by atoms with Crippen molar-refractivity contribution in [1.82, 2.24) is 9.78 Å². The number of nitrogens with one attached hydrogen (secondary N) is 1. The van der Waals surface area contributed by atoms with Crippen LogP contribution in [0.3, 0.4) is 0 Å². The Morgan fingerprint density at radius 1 is 1.09 bits per heavy atom. The fourth-order valence-corrected chi connectivity index (χ4v) is 3.43. The van der Waals surface area contributed by atoms with Gasteiger partial charge in [-0.2, -0.15) is 5.10 Å². The Labute approximate surface area is 149 Å². The number of hydrogen-bond acceptors (Lipinski definition) is 2. The molecule has 1 aliphatic heterocycles. The average molecular weight is 415 g/mol. The first kappa shape index (κ1) is 14.8. The molecule has 2 aromatic carbocycles. The molecule has 2 heterocycles. The Hall–Kier alpha value is -1.82. The maximum atomic E-state index is 4.91. The molecule has 3 aromatic rings. The summed E-state index contributed by atoms with van der Waals surface area (Å²) in [6, 6.07) is 17.3. The second kappa shape index (κ2) is 6.00. The smallest absolute Gasteiger partial charge is 0.133 e. The Morgan fingerprint density at radius 2 is 1.83 bits per heavy atom. The lowest BCUT2D eigenvalue weighted by atomic mass is 10.1. The fraction of sp³-hybridized carbons (Fsp3) is 0.211. The molecule has 116 valence electrons. The summed E-state index contributed by atoms with van der Waals surface area (Å²) < 4.78 is 3.30. The van der Waals surface area contributed by atoms with Gasteiger partial charge in [-0.3, -0.25) is 0 Å². The Morgan fingerprint density at radius 3 is 2.52 bits per heavy atom. The van der Waals surface area contributed by atoms with Crippen molar-refractivity contribution in [1.29, 1.82) is 0 Å². The van der Waals surface area contributed by atoms with Crippen LogP contribution < -0.4 is 5.32 Å². The van der Waals surface area contributed by atoms with E-state index in [0.29, 0.717) is 0 Å². The number of rotatable bonds is 3. The fourth-order valence-electron chi connectivity index (χ4n) is 3.07. The highest BCUT2D eigenvalue weighted by Crippen LogP contribution is 2.34. The monoisotopic (exact) mass is 415 g/mol. The zero-order valence-corrected chi connectivity index (χ0v) is 15.2. The van der Waals surface area contributed by atoms with Gasteiger partial charge in [0.25, 0.3) is 0 Å². The largest absolute Gasteiger partial charge is 0.369 e. The molecule has 0 fully saturated rings. The minimum absolute atomic E-state index is 0.984. The lowest BCUT2D eigenvalue weighted by Gasteiger charge is -2.07. The number of aryl methyl sites for hydroxylation is 1. The number of anilines is 1. The summed E-state index contributed by atoms with van der Waals surface area (Å²) in [5.41, 5.74) is 6.08. The summed E-state index contributed by atoms with van der Waals surface area (Å²) in [7, 11) is 0. The van der Waals surface area contributed by atoms with Gasteiger partial charge >= 0.3 is 0 Å². The molecule has 0 saturated heterocycles. The van der Waals surface area contributed by atoms with Gasteiger partial charge in [-0.05, 0) is 65.3 Å². The predicted octanol–water partition coefficient (Wildman–Crippen LogP) is 4.67. The molecule has 0 aliphatic carbocycles. The van der Waals surface area contributed by atoms with Crippen molar-refractivity contribution < 1.29 is 0 Å². The summed E-state index contributed by atoms with van der Waals surface area (Å²) in [5, 5.41) is 8.41. The normalized spacial score (nSPS) is 13.0. The minimum Gasteiger partial charge on any atom is -0.369 e. The van der Waals surface area contributed by atoms with Crippen molar-refractivity contribution in [3.8, 4) is 16.9 Å². The van der Waals surface area contributed by atoms with Crippen LogP contribution in [-0.2, 0) is 12.8 Å². The Kier molecular flexibility index (Phi) is 3.85. The molecule has 0 atom stereocenters. The molecular weight excluding hydrogens is 397 g/mol. The summed E-state index contributed by atoms with van der Waals surface area (Å²) in [6.07, 6.45) is 2.09. The van der Waals surface area contributed by atoms with E-state index in [0.717, 1.165) is 36.6 Å². The van der Waals surface area contributed by atoms with Crippen LogP contribution in [0.5, 0.6) is 0 Å². The van der Waals surface area contributed by atoms with Crippen molar-refractivity contribution in [2.24, 2.45) is 0 Å². The summed E-state index contributed by atoms with van der Waals surface area (Å²) >= 11 is 2.34. The second-order valence-electron chi connectivity index (χ2n) is 5.79. The minimum atomic E-state index is 0.984. The van der Waals surface area contributed by atoms with Crippen LogP contribution in [0.2, 0.25) is 0 Å². The first-order valence-corrected chi connectivity index (χ1v) is 9.05. The third kappa shape index (κ3) is 2.65. The Balaban J connectivity index is 1.82. The van der Waals surface area contributed by atoms with Crippen LogP contribution >= 0.6 is 22.6 Å². The van der Waals surface area contributed by atoms with Crippen molar-refractivity contribution in [2.75, 3.05) is 11.9 Å². The SMILES string of the molecule is CCc1ccc(-n2nc(-c3ccc(I)cc3)c3c2NCC3)cc1. The van der Waals surface area contributed by atoms with E-state index in [4.69, 9.17) is 5.10 Å². The van der Waals surface area contributed by atoms with E-state index in [9.17, 15) is 0 Å². The number of fused-ring (bicyclic) bond motifs is 1. The van der Waals surface area contributed by atoms with Gasteiger partial charge in [0.1, 0.15) is 5.82 Å². The number of aromatic nitrogens is 2. The van der Waals surface area contributed by atoms with Gasteiger partial charge in [0.05, 0.1) is 11.4 Å². The molecule has 0 spiro atoms. The van der Waals surface area contributed by atoms with Gasteiger partial charge < -0.3 is 5.32 Å². The number of hydrogen-bond donors (Lipinski definition) is 1. The summed E-state index contributed by atoms with van der Waals surface area (Å²) in [4.78, 5) is 0. The van der Waals surface area contributed by atoms with Crippen molar-refractivity contribution in [3.05, 3.63) is 63.2 Å². The van der Waals surface area contributed by atoms with E-state index in [1.54, 1.807) is 0 Å². The maximum absolute atomic E-state index is 4.91. The molecule has 0 unspecified atom stereocenters. The zero-order chi connectivity index (χ0) is 15.8. The van der Waals surface area contributed by atoms with Gasteiger partial charge in [0.15, 0.2) is 0 Å². The van der Waals surface area contributed by atoms with Crippen molar-refractivity contribution >= 4 is 28.4 Å². The molecule has 1 aliphatic rings. The molecule has 3 nitrogen and oxygen atoms in total. The molecule has 4 heteroatoms. The maximum Gasteiger partial charge on any atom is 0.133 e. The highest BCUT2D eigenvalue weighted by molar-refractivity contribution is 14.1. The van der Waals surface area contributed by atoms with E-state index < -0.39 is 0 Å². The van der Waals surface area contributed by atoms with Crippen LogP contribution in [0, 0.1) is 3.57 Å². The van der Waals surface area contributed by atoms with Gasteiger partial charge in [0, 0.05) is 21.2 Å². The van der Waals surface area contributed by atoms with Crippen LogP contribution in [0.15, 0.2) is 48.5 Å². The van der Waals surface area contributed by atoms with Crippen molar-refractivity contribution in [2.45, 2.75) is 19.8 Å². The third-order valence-corrected chi connectivity index (χ3v) is 5.08. The number of benzene rings is 2. The molecule has 1 aromatic heterocycles. The first-order chi connectivity index (χ1) is 11.3. The van der Waals surface area contributed by atoms with Crippen molar-refractivity contribution in [3.63, 3.8) is 0 Å². The molecule has 0 amide bonds. The molecule has 23 heavy (non-hydrogen) atoms. The predicted molar refractivity (Wildman–Crippen MR) is 103 cm³/mol. The molecule has 1 N–H and O–H groups in total. The number of halogens is 1. The molecule has 0 saturated carbocycles. The molecular formula is C19H18IN3. The molecule has 4 rings (SSSR count). The van der Waals surface area contributed by atoms with E-state index in [-0.39, 0.29) is 0 Å². The lowest BCUT2D eigenvalue weighted by Crippen LogP contribution is -2.04. The Bertz CT molecular complexity index is 832. The zero-order valence-electron chi connectivity index (χ0n) is 13.0. The van der Waals surface area contributed by atoms with Gasteiger partial charge in [0.2, 0.25) is 0 Å². The lowest BCUT2D eigenvalue weighted by molar-refractivity contribution is 0.881.